The van der Waals surface area contributed by atoms with Crippen molar-refractivity contribution < 1.29 is 4.39 Å². The molecule has 0 aliphatic rings. The van der Waals surface area contributed by atoms with E-state index in [1.54, 1.807) is 13.0 Å². The van der Waals surface area contributed by atoms with Crippen molar-refractivity contribution >= 4 is 5.82 Å². The predicted octanol–water partition coefficient (Wildman–Crippen LogP) is 1.20. The summed E-state index contributed by atoms with van der Waals surface area (Å²) in [6.45, 7) is 1.75. The molecule has 3 N–H and O–H groups in total. The van der Waals surface area contributed by atoms with Crippen molar-refractivity contribution in [2.75, 3.05) is 5.73 Å². The molecular weight excluding hydrogens is 197 g/mol. The number of aryl methyl sites for hydroxylation is 1. The third-order valence-electron chi connectivity index (χ3n) is 2.16. The first kappa shape index (κ1) is 9.51. The van der Waals surface area contributed by atoms with E-state index < -0.39 is 0 Å². The summed E-state index contributed by atoms with van der Waals surface area (Å²) in [5.74, 6) is -0.0148. The molecule has 0 saturated carbocycles. The zero-order valence-electron chi connectivity index (χ0n) is 8.12. The van der Waals surface area contributed by atoms with Crippen molar-refractivity contribution in [1.82, 2.24) is 9.78 Å². The number of benzene rings is 1. The zero-order valence-corrected chi connectivity index (χ0v) is 8.12. The summed E-state index contributed by atoms with van der Waals surface area (Å²) in [5.41, 5.74) is 6.70. The number of rotatable bonds is 1. The molecule has 0 unspecified atom stereocenters. The van der Waals surface area contributed by atoms with Crippen LogP contribution in [0.15, 0.2) is 29.1 Å². The molecule has 1 aromatic heterocycles. The summed E-state index contributed by atoms with van der Waals surface area (Å²) < 4.78 is 14.3. The van der Waals surface area contributed by atoms with Crippen LogP contribution in [-0.4, -0.2) is 9.78 Å². The SMILES string of the molecule is Cc1cc(F)ccc1-n1[nH]c(=O)cc1N. The molecule has 78 valence electrons. The van der Waals surface area contributed by atoms with Gasteiger partial charge in [0.05, 0.1) is 5.69 Å². The molecule has 0 radical (unpaired) electrons. The van der Waals surface area contributed by atoms with Gasteiger partial charge >= 0.3 is 0 Å². The first-order chi connectivity index (χ1) is 7.08. The van der Waals surface area contributed by atoms with Crippen LogP contribution >= 0.6 is 0 Å². The highest BCUT2D eigenvalue weighted by atomic mass is 19.1. The van der Waals surface area contributed by atoms with Crippen LogP contribution in [0.5, 0.6) is 0 Å². The second-order valence-electron chi connectivity index (χ2n) is 3.31. The first-order valence-corrected chi connectivity index (χ1v) is 4.42. The fraction of sp³-hybridized carbons (Fsp3) is 0.100. The van der Waals surface area contributed by atoms with Gasteiger partial charge in [0.1, 0.15) is 11.6 Å². The predicted molar refractivity (Wildman–Crippen MR) is 55.5 cm³/mol. The second kappa shape index (κ2) is 3.27. The smallest absolute Gasteiger partial charge is 0.266 e. The maximum Gasteiger partial charge on any atom is 0.266 e. The van der Waals surface area contributed by atoms with Crippen LogP contribution in [-0.2, 0) is 0 Å². The van der Waals surface area contributed by atoms with E-state index in [0.29, 0.717) is 17.1 Å². The van der Waals surface area contributed by atoms with E-state index in [9.17, 15) is 9.18 Å². The number of nitrogens with two attached hydrogens (primary N) is 1. The number of aromatic amines is 1. The number of hydrogen-bond donors (Lipinski definition) is 2. The first-order valence-electron chi connectivity index (χ1n) is 4.42. The lowest BCUT2D eigenvalue weighted by Gasteiger charge is -2.08. The monoisotopic (exact) mass is 207 g/mol. The highest BCUT2D eigenvalue weighted by Crippen LogP contribution is 2.16. The van der Waals surface area contributed by atoms with Crippen molar-refractivity contribution in [3.8, 4) is 5.69 Å². The van der Waals surface area contributed by atoms with Gasteiger partial charge in [-0.25, -0.2) is 9.07 Å². The van der Waals surface area contributed by atoms with Gasteiger partial charge in [0, 0.05) is 6.07 Å². The minimum Gasteiger partial charge on any atom is -0.384 e. The maximum atomic E-state index is 12.9. The Kier molecular flexibility index (Phi) is 2.07. The molecular formula is C10H10FN3O. The van der Waals surface area contributed by atoms with E-state index in [-0.39, 0.29) is 11.4 Å². The van der Waals surface area contributed by atoms with E-state index >= 15 is 0 Å². The van der Waals surface area contributed by atoms with Gasteiger partial charge < -0.3 is 5.73 Å². The van der Waals surface area contributed by atoms with Crippen LogP contribution in [0, 0.1) is 12.7 Å². The van der Waals surface area contributed by atoms with Crippen LogP contribution in [0.3, 0.4) is 0 Å². The van der Waals surface area contributed by atoms with Crippen molar-refractivity contribution in [2.24, 2.45) is 0 Å². The Morgan fingerprint density at radius 1 is 1.40 bits per heavy atom. The number of nitrogens with zero attached hydrogens (tertiary/aromatic N) is 1. The lowest BCUT2D eigenvalue weighted by atomic mass is 10.2. The van der Waals surface area contributed by atoms with E-state index in [0.717, 1.165) is 0 Å². The summed E-state index contributed by atoms with van der Waals surface area (Å²) in [5, 5.41) is 2.53. The Morgan fingerprint density at radius 2 is 2.13 bits per heavy atom. The zero-order chi connectivity index (χ0) is 11.0. The van der Waals surface area contributed by atoms with Gasteiger partial charge in [0.25, 0.3) is 5.56 Å². The van der Waals surface area contributed by atoms with Crippen LogP contribution in [0.1, 0.15) is 5.56 Å². The molecule has 1 aromatic carbocycles. The molecule has 0 aliphatic carbocycles. The van der Waals surface area contributed by atoms with Crippen LogP contribution in [0.25, 0.3) is 5.69 Å². The fourth-order valence-corrected chi connectivity index (χ4v) is 1.47. The maximum absolute atomic E-state index is 12.9. The molecule has 0 spiro atoms. The number of aromatic nitrogens is 2. The number of nitrogens with one attached hydrogen (secondary N) is 1. The van der Waals surface area contributed by atoms with Gasteiger partial charge in [0.15, 0.2) is 0 Å². The summed E-state index contributed by atoms with van der Waals surface area (Å²) in [7, 11) is 0. The fourth-order valence-electron chi connectivity index (χ4n) is 1.47. The van der Waals surface area contributed by atoms with Crippen molar-refractivity contribution in [3.63, 3.8) is 0 Å². The van der Waals surface area contributed by atoms with E-state index in [1.807, 2.05) is 0 Å². The third-order valence-corrected chi connectivity index (χ3v) is 2.16. The molecule has 5 heteroatoms. The van der Waals surface area contributed by atoms with E-state index in [4.69, 9.17) is 5.73 Å². The number of nitrogen functional groups attached to an aromatic ring is 1. The molecule has 0 amide bonds. The van der Waals surface area contributed by atoms with Crippen molar-refractivity contribution in [2.45, 2.75) is 6.92 Å². The van der Waals surface area contributed by atoms with Crippen LogP contribution in [0.4, 0.5) is 10.2 Å². The van der Waals surface area contributed by atoms with Gasteiger partial charge in [-0.1, -0.05) is 0 Å². The van der Waals surface area contributed by atoms with Crippen molar-refractivity contribution in [1.29, 1.82) is 0 Å². The second-order valence-corrected chi connectivity index (χ2v) is 3.31. The lowest BCUT2D eigenvalue weighted by Crippen LogP contribution is -2.06. The third kappa shape index (κ3) is 1.63. The molecule has 0 atom stereocenters. The average molecular weight is 207 g/mol. The Bertz CT molecular complexity index is 556. The van der Waals surface area contributed by atoms with Gasteiger partial charge in [-0.3, -0.25) is 9.89 Å². The van der Waals surface area contributed by atoms with Gasteiger partial charge in [-0.2, -0.15) is 0 Å². The summed E-state index contributed by atoms with van der Waals surface area (Å²) in [6.07, 6.45) is 0. The Labute approximate surface area is 85.1 Å². The molecule has 4 nitrogen and oxygen atoms in total. The number of anilines is 1. The molecule has 15 heavy (non-hydrogen) atoms. The van der Waals surface area contributed by atoms with Gasteiger partial charge in [0.2, 0.25) is 0 Å². The molecule has 0 fully saturated rings. The minimum absolute atomic E-state index is 0.281. The molecule has 0 saturated heterocycles. The summed E-state index contributed by atoms with van der Waals surface area (Å²) in [4.78, 5) is 11.0. The van der Waals surface area contributed by atoms with E-state index in [1.165, 1.54) is 22.9 Å². The Morgan fingerprint density at radius 3 is 2.67 bits per heavy atom. The summed E-state index contributed by atoms with van der Waals surface area (Å²) >= 11 is 0. The molecule has 2 rings (SSSR count). The van der Waals surface area contributed by atoms with E-state index in [2.05, 4.69) is 5.10 Å². The molecule has 2 aromatic rings. The summed E-state index contributed by atoms with van der Waals surface area (Å²) in [6, 6.07) is 5.55. The topological polar surface area (TPSA) is 63.8 Å². The minimum atomic E-state index is -0.315. The van der Waals surface area contributed by atoms with Gasteiger partial charge in [-0.05, 0) is 30.7 Å². The molecule has 1 heterocycles. The normalized spacial score (nSPS) is 10.5. The number of H-pyrrole nitrogens is 1. The lowest BCUT2D eigenvalue weighted by molar-refractivity contribution is 0.625. The largest absolute Gasteiger partial charge is 0.384 e. The van der Waals surface area contributed by atoms with Gasteiger partial charge in [-0.15, -0.1) is 0 Å². The Hall–Kier alpha value is -2.04. The van der Waals surface area contributed by atoms with Crippen molar-refractivity contribution in [3.05, 3.63) is 46.0 Å². The average Bonchev–Trinajstić information content (AvgIpc) is 2.45. The Balaban J connectivity index is 2.64. The standard InChI is InChI=1S/C10H10FN3O/c1-6-4-7(11)2-3-8(6)14-9(12)5-10(15)13-14/h2-5H,12H2,1H3,(H,13,15). The number of hydrogen-bond acceptors (Lipinski definition) is 2. The molecule has 0 bridgehead atoms. The number of halogens is 1. The van der Waals surface area contributed by atoms with Crippen LogP contribution < -0.4 is 11.3 Å². The molecule has 0 aliphatic heterocycles. The van der Waals surface area contributed by atoms with Crippen LogP contribution in [0.2, 0.25) is 0 Å². The quantitative estimate of drug-likeness (QED) is 0.737. The highest BCUT2D eigenvalue weighted by molar-refractivity contribution is 5.46. The highest BCUT2D eigenvalue weighted by Gasteiger charge is 2.06.